The molecule has 0 saturated carbocycles. The normalized spacial score (nSPS) is 7.83. The molecule has 8 N–H and O–H groups in total. The molecule has 0 amide bonds. The summed E-state index contributed by atoms with van der Waals surface area (Å²) < 4.78 is 34.1. The third kappa shape index (κ3) is 1140. The summed E-state index contributed by atoms with van der Waals surface area (Å²) >= 11 is 0. The van der Waals surface area contributed by atoms with Crippen molar-refractivity contribution in [3.05, 3.63) is 12.4 Å². The van der Waals surface area contributed by atoms with Gasteiger partial charge < -0.3 is 31.5 Å². The molecule has 0 fully saturated rings. The van der Waals surface area contributed by atoms with Gasteiger partial charge in [0.15, 0.2) is 0 Å². The number of hydrogen-bond donors (Lipinski definition) is 2. The van der Waals surface area contributed by atoms with Crippen LogP contribution in [0.3, 0.4) is 0 Å². The Morgan fingerprint density at radius 3 is 1.08 bits per heavy atom. The van der Waals surface area contributed by atoms with Gasteiger partial charge in [0, 0.05) is 22.8 Å². The number of rotatable bonds is 0. The standard InChI is InChI=1S/C2H6N2.H2O4S.2H2O.Pt/c3-1-2-4;1-5(2,3)4;;;/h1-2H,3-4H2;(H2,1,2,3,4);2*1H2;/q;;;;+2/p-2/b2-1+;;;;. The minimum Gasteiger partial charge on any atom is -0.759 e. The van der Waals surface area contributed by atoms with E-state index in [1.165, 1.54) is 12.4 Å². The second-order valence-electron chi connectivity index (χ2n) is 0.793. The second-order valence-corrected chi connectivity index (χ2v) is 1.61. The summed E-state index contributed by atoms with van der Waals surface area (Å²) in [5.41, 5.74) is 9.44. The van der Waals surface area contributed by atoms with Crippen LogP contribution < -0.4 is 11.5 Å². The zero-order valence-corrected chi connectivity index (χ0v) is 8.76. The smallest absolute Gasteiger partial charge is 0.759 e. The van der Waals surface area contributed by atoms with Gasteiger partial charge in [-0.25, -0.2) is 0 Å². The quantitative estimate of drug-likeness (QED) is 0.319. The SMILES string of the molecule is N/C=C/N.O.O.O=S(=O)([O-])[O-].[Pt+2]. The third-order valence-corrected chi connectivity index (χ3v) is 0.111. The van der Waals surface area contributed by atoms with Gasteiger partial charge in [0.1, 0.15) is 0 Å². The Bertz CT molecular complexity index is 154. The summed E-state index contributed by atoms with van der Waals surface area (Å²) in [6, 6.07) is 0. The van der Waals surface area contributed by atoms with Gasteiger partial charge in [-0.05, 0) is 0 Å². The van der Waals surface area contributed by atoms with Crippen molar-refractivity contribution in [3.8, 4) is 0 Å². The molecule has 0 bridgehead atoms. The van der Waals surface area contributed by atoms with Gasteiger partial charge in [-0.2, -0.15) is 0 Å². The molecule has 0 heterocycles. The van der Waals surface area contributed by atoms with E-state index in [4.69, 9.17) is 29.0 Å². The minimum absolute atomic E-state index is 0. The number of hydrogen-bond acceptors (Lipinski definition) is 6. The van der Waals surface area contributed by atoms with Crippen LogP contribution in [-0.2, 0) is 31.5 Å². The molecule has 0 radical (unpaired) electrons. The predicted molar refractivity (Wildman–Crippen MR) is 35.2 cm³/mol. The Balaban J connectivity index is -0.0000000221. The summed E-state index contributed by atoms with van der Waals surface area (Å²) in [7, 11) is -5.17. The van der Waals surface area contributed by atoms with E-state index in [0.717, 1.165) is 0 Å². The summed E-state index contributed by atoms with van der Waals surface area (Å²) in [5, 5.41) is 0. The van der Waals surface area contributed by atoms with Gasteiger partial charge in [-0.3, -0.25) is 8.42 Å². The zero-order valence-electron chi connectivity index (χ0n) is 5.67. The molecule has 0 rings (SSSR count). The second kappa shape index (κ2) is 17.1. The maximum atomic E-state index is 8.52. The molecule has 0 aliphatic carbocycles. The van der Waals surface area contributed by atoms with E-state index in [1.807, 2.05) is 0 Å². The van der Waals surface area contributed by atoms with Crippen LogP contribution in [0.5, 0.6) is 0 Å². The molecule has 12 heavy (non-hydrogen) atoms. The summed E-state index contributed by atoms with van der Waals surface area (Å²) in [4.78, 5) is 0. The fourth-order valence-corrected chi connectivity index (χ4v) is 0. The van der Waals surface area contributed by atoms with Gasteiger partial charge in [-0.1, -0.05) is 0 Å². The molecular formula is C2H10N2O6PtS. The largest absolute Gasteiger partial charge is 2.00 e. The first-order valence-corrected chi connectivity index (χ1v) is 3.00. The molecule has 0 atom stereocenters. The first kappa shape index (κ1) is 29.8. The summed E-state index contributed by atoms with van der Waals surface area (Å²) in [5.74, 6) is 0. The Morgan fingerprint density at radius 1 is 1.00 bits per heavy atom. The Hall–Kier alpha value is -0.182. The van der Waals surface area contributed by atoms with E-state index in [2.05, 4.69) is 0 Å². The zero-order chi connectivity index (χ0) is 7.91. The van der Waals surface area contributed by atoms with E-state index in [1.54, 1.807) is 0 Å². The minimum atomic E-state index is -5.17. The van der Waals surface area contributed by atoms with Crippen LogP contribution in [0.4, 0.5) is 0 Å². The summed E-state index contributed by atoms with van der Waals surface area (Å²) in [6.07, 6.45) is 2.56. The van der Waals surface area contributed by atoms with Crippen molar-refractivity contribution in [1.29, 1.82) is 0 Å². The van der Waals surface area contributed by atoms with Crippen LogP contribution in [0.25, 0.3) is 0 Å². The van der Waals surface area contributed by atoms with Crippen LogP contribution >= 0.6 is 0 Å². The van der Waals surface area contributed by atoms with Crippen molar-refractivity contribution < 1.29 is 49.5 Å². The van der Waals surface area contributed by atoms with Crippen LogP contribution in [0, 0.1) is 0 Å². The molecule has 0 spiro atoms. The first-order valence-electron chi connectivity index (χ1n) is 1.67. The Kier molecular flexibility index (Phi) is 42.3. The molecule has 8 nitrogen and oxygen atoms in total. The molecule has 0 aromatic rings. The molecular weight excluding hydrogens is 375 g/mol. The topological polar surface area (TPSA) is 195 Å². The van der Waals surface area contributed by atoms with Crippen molar-refractivity contribution >= 4 is 10.4 Å². The average Bonchev–Trinajstić information content (AvgIpc) is 1.61. The van der Waals surface area contributed by atoms with Crippen molar-refractivity contribution in [1.82, 2.24) is 0 Å². The van der Waals surface area contributed by atoms with Gasteiger partial charge >= 0.3 is 21.1 Å². The van der Waals surface area contributed by atoms with Crippen molar-refractivity contribution in [2.75, 3.05) is 0 Å². The number of nitrogens with two attached hydrogens (primary N) is 2. The van der Waals surface area contributed by atoms with Crippen LogP contribution in [0.15, 0.2) is 12.4 Å². The maximum Gasteiger partial charge on any atom is 2.00 e. The fraction of sp³-hybridized carbons (Fsp3) is 0. The van der Waals surface area contributed by atoms with Gasteiger partial charge in [0.05, 0.1) is 0 Å². The molecule has 0 aromatic heterocycles. The maximum absolute atomic E-state index is 8.52. The van der Waals surface area contributed by atoms with Crippen molar-refractivity contribution in [3.63, 3.8) is 0 Å². The van der Waals surface area contributed by atoms with E-state index >= 15 is 0 Å². The van der Waals surface area contributed by atoms with Crippen LogP contribution in [0.1, 0.15) is 0 Å². The molecule has 10 heteroatoms. The fourth-order valence-electron chi connectivity index (χ4n) is 0. The van der Waals surface area contributed by atoms with Gasteiger partial charge in [0.2, 0.25) is 0 Å². The predicted octanol–water partition coefficient (Wildman–Crippen LogP) is -3.61. The monoisotopic (exact) mass is 385 g/mol. The van der Waals surface area contributed by atoms with Crippen LogP contribution in [0.2, 0.25) is 0 Å². The average molecular weight is 385 g/mol. The van der Waals surface area contributed by atoms with Gasteiger partial charge in [0.25, 0.3) is 0 Å². The summed E-state index contributed by atoms with van der Waals surface area (Å²) in [6.45, 7) is 0. The first-order chi connectivity index (χ1) is 3.91. The van der Waals surface area contributed by atoms with Gasteiger partial charge in [-0.15, -0.1) is 0 Å². The molecule has 0 aliphatic heterocycles. The molecule has 0 saturated heterocycles. The Morgan fingerprint density at radius 2 is 1.08 bits per heavy atom. The molecule has 80 valence electrons. The molecule has 0 unspecified atom stereocenters. The van der Waals surface area contributed by atoms with E-state index in [0.29, 0.717) is 0 Å². The van der Waals surface area contributed by atoms with E-state index < -0.39 is 10.4 Å². The molecule has 0 aromatic carbocycles. The Labute approximate surface area is 84.1 Å². The van der Waals surface area contributed by atoms with E-state index in [-0.39, 0.29) is 32.0 Å². The third-order valence-electron chi connectivity index (χ3n) is 0.111. The van der Waals surface area contributed by atoms with Crippen LogP contribution in [-0.4, -0.2) is 28.5 Å². The molecule has 0 aliphatic rings. The van der Waals surface area contributed by atoms with Crippen molar-refractivity contribution in [2.24, 2.45) is 11.5 Å². The van der Waals surface area contributed by atoms with Crippen molar-refractivity contribution in [2.45, 2.75) is 0 Å². The van der Waals surface area contributed by atoms with E-state index in [9.17, 15) is 0 Å².